The predicted molar refractivity (Wildman–Crippen MR) is 42.2 cm³/mol. The van der Waals surface area contributed by atoms with Gasteiger partial charge in [0.05, 0.1) is 5.57 Å². The minimum absolute atomic E-state index is 0.755. The van der Waals surface area contributed by atoms with Gasteiger partial charge in [-0.1, -0.05) is 0 Å². The van der Waals surface area contributed by atoms with Crippen LogP contribution in [0.4, 0.5) is 13.2 Å². The zero-order valence-corrected chi connectivity index (χ0v) is 7.18. The average molecular weight is 180 g/mol. The summed E-state index contributed by atoms with van der Waals surface area (Å²) in [7, 11) is 4.35. The molecule has 0 bridgehead atoms. The summed E-state index contributed by atoms with van der Waals surface area (Å²) in [4.78, 5) is 4.64. The number of allylic oxidation sites excluding steroid dienone is 1. The third-order valence-electron chi connectivity index (χ3n) is 0.993. The lowest BCUT2D eigenvalue weighted by Gasteiger charge is -2.10. The molecule has 12 heavy (non-hydrogen) atoms. The van der Waals surface area contributed by atoms with E-state index in [0.717, 1.165) is 12.4 Å². The monoisotopic (exact) mass is 180 g/mol. The SMILES string of the molecule is CN=C/C(=C/N(C)C)C(F)(F)F. The highest BCUT2D eigenvalue weighted by atomic mass is 19.4. The van der Waals surface area contributed by atoms with Gasteiger partial charge in [-0.15, -0.1) is 0 Å². The van der Waals surface area contributed by atoms with Gasteiger partial charge in [0.2, 0.25) is 0 Å². The maximum atomic E-state index is 12.1. The fourth-order valence-electron chi connectivity index (χ4n) is 0.597. The minimum Gasteiger partial charge on any atom is -0.383 e. The van der Waals surface area contributed by atoms with Crippen molar-refractivity contribution >= 4 is 6.21 Å². The molecule has 70 valence electrons. The molecule has 0 N–H and O–H groups in total. The van der Waals surface area contributed by atoms with Crippen LogP contribution in [0, 0.1) is 0 Å². The second-order valence-electron chi connectivity index (χ2n) is 2.43. The van der Waals surface area contributed by atoms with E-state index in [9.17, 15) is 13.2 Å². The van der Waals surface area contributed by atoms with Gasteiger partial charge < -0.3 is 4.90 Å². The Morgan fingerprint density at radius 3 is 2.08 bits per heavy atom. The second-order valence-corrected chi connectivity index (χ2v) is 2.43. The van der Waals surface area contributed by atoms with E-state index in [-0.39, 0.29) is 0 Å². The summed E-state index contributed by atoms with van der Waals surface area (Å²) in [5.41, 5.74) is -0.755. The predicted octanol–water partition coefficient (Wildman–Crippen LogP) is 1.69. The van der Waals surface area contributed by atoms with Crippen LogP contribution in [0.1, 0.15) is 0 Å². The van der Waals surface area contributed by atoms with E-state index in [4.69, 9.17) is 0 Å². The highest BCUT2D eigenvalue weighted by Gasteiger charge is 2.32. The highest BCUT2D eigenvalue weighted by molar-refractivity contribution is 5.79. The highest BCUT2D eigenvalue weighted by Crippen LogP contribution is 2.23. The third kappa shape index (κ3) is 4.00. The number of hydrogen-bond donors (Lipinski definition) is 0. The van der Waals surface area contributed by atoms with Gasteiger partial charge in [0.25, 0.3) is 0 Å². The van der Waals surface area contributed by atoms with Crippen molar-refractivity contribution in [1.29, 1.82) is 0 Å². The summed E-state index contributed by atoms with van der Waals surface area (Å²) < 4.78 is 36.2. The summed E-state index contributed by atoms with van der Waals surface area (Å²) >= 11 is 0. The lowest BCUT2D eigenvalue weighted by Crippen LogP contribution is -2.16. The molecule has 0 unspecified atom stereocenters. The molecule has 0 aromatic carbocycles. The van der Waals surface area contributed by atoms with Crippen molar-refractivity contribution in [3.63, 3.8) is 0 Å². The molecular weight excluding hydrogens is 169 g/mol. The summed E-state index contributed by atoms with van der Waals surface area (Å²) in [5, 5.41) is 0. The van der Waals surface area contributed by atoms with E-state index in [2.05, 4.69) is 4.99 Å². The lowest BCUT2D eigenvalue weighted by molar-refractivity contribution is -0.0864. The molecule has 0 aromatic rings. The van der Waals surface area contributed by atoms with E-state index in [1.807, 2.05) is 0 Å². The molecule has 0 spiro atoms. The topological polar surface area (TPSA) is 15.6 Å². The quantitative estimate of drug-likeness (QED) is 0.590. The molecule has 0 atom stereocenters. The molecule has 0 aliphatic heterocycles. The van der Waals surface area contributed by atoms with Gasteiger partial charge >= 0.3 is 6.18 Å². The summed E-state index contributed by atoms with van der Waals surface area (Å²) in [6.45, 7) is 0. The van der Waals surface area contributed by atoms with Crippen LogP contribution >= 0.6 is 0 Å². The maximum absolute atomic E-state index is 12.1. The van der Waals surface area contributed by atoms with Gasteiger partial charge in [-0.05, 0) is 0 Å². The maximum Gasteiger partial charge on any atom is 0.419 e. The molecule has 0 saturated heterocycles. The van der Waals surface area contributed by atoms with E-state index >= 15 is 0 Å². The summed E-state index contributed by atoms with van der Waals surface area (Å²) in [5.74, 6) is 0. The van der Waals surface area contributed by atoms with Crippen molar-refractivity contribution < 1.29 is 13.2 Å². The zero-order chi connectivity index (χ0) is 9.78. The number of aliphatic imine (C=N–C) groups is 1. The van der Waals surface area contributed by atoms with Gasteiger partial charge in [-0.3, -0.25) is 4.99 Å². The largest absolute Gasteiger partial charge is 0.419 e. The molecule has 0 heterocycles. The van der Waals surface area contributed by atoms with Gasteiger partial charge in [-0.25, -0.2) is 0 Å². The molecule has 0 saturated carbocycles. The van der Waals surface area contributed by atoms with Crippen LogP contribution in [0.15, 0.2) is 16.8 Å². The Morgan fingerprint density at radius 1 is 1.33 bits per heavy atom. The minimum atomic E-state index is -4.33. The molecule has 0 fully saturated rings. The molecular formula is C7H11F3N2. The average Bonchev–Trinajstić information content (AvgIpc) is 1.83. The lowest BCUT2D eigenvalue weighted by atomic mass is 10.3. The number of halogens is 3. The molecule has 0 radical (unpaired) electrons. The van der Waals surface area contributed by atoms with Crippen molar-refractivity contribution in [2.24, 2.45) is 4.99 Å². The molecule has 0 amide bonds. The Morgan fingerprint density at radius 2 is 1.83 bits per heavy atom. The van der Waals surface area contributed by atoms with E-state index in [1.165, 1.54) is 26.0 Å². The van der Waals surface area contributed by atoms with Crippen molar-refractivity contribution in [2.45, 2.75) is 6.18 Å². The smallest absolute Gasteiger partial charge is 0.383 e. The van der Waals surface area contributed by atoms with Crippen LogP contribution in [0.2, 0.25) is 0 Å². The van der Waals surface area contributed by atoms with Crippen LogP contribution in [0.3, 0.4) is 0 Å². The van der Waals surface area contributed by atoms with Gasteiger partial charge in [0.1, 0.15) is 0 Å². The summed E-state index contributed by atoms with van der Waals surface area (Å²) in [6, 6.07) is 0. The molecule has 0 rings (SSSR count). The molecule has 0 aliphatic rings. The number of alkyl halides is 3. The van der Waals surface area contributed by atoms with Crippen molar-refractivity contribution in [1.82, 2.24) is 4.90 Å². The van der Waals surface area contributed by atoms with Gasteiger partial charge in [0, 0.05) is 33.6 Å². The molecule has 0 aromatic heterocycles. The third-order valence-corrected chi connectivity index (χ3v) is 0.993. The van der Waals surface area contributed by atoms with Crippen molar-refractivity contribution in [2.75, 3.05) is 21.1 Å². The number of rotatable bonds is 2. The van der Waals surface area contributed by atoms with Crippen LogP contribution in [0.25, 0.3) is 0 Å². The molecule has 2 nitrogen and oxygen atoms in total. The fourth-order valence-corrected chi connectivity index (χ4v) is 0.597. The van der Waals surface area contributed by atoms with E-state index < -0.39 is 11.7 Å². The Labute approximate surface area is 69.4 Å². The Bertz CT molecular complexity index is 191. The zero-order valence-electron chi connectivity index (χ0n) is 7.18. The van der Waals surface area contributed by atoms with Gasteiger partial charge in [0.15, 0.2) is 0 Å². The van der Waals surface area contributed by atoms with Crippen LogP contribution in [0.5, 0.6) is 0 Å². The van der Waals surface area contributed by atoms with Crippen LogP contribution in [-0.2, 0) is 0 Å². The Hall–Kier alpha value is -1.00. The van der Waals surface area contributed by atoms with E-state index in [0.29, 0.717) is 0 Å². The summed E-state index contributed by atoms with van der Waals surface area (Å²) in [6.07, 6.45) is -2.56. The second kappa shape index (κ2) is 4.13. The van der Waals surface area contributed by atoms with Crippen LogP contribution in [-0.4, -0.2) is 38.4 Å². The Kier molecular flexibility index (Phi) is 3.79. The Balaban J connectivity index is 4.67. The van der Waals surface area contributed by atoms with E-state index in [1.54, 1.807) is 0 Å². The normalized spacial score (nSPS) is 14.0. The standard InChI is InChI=1S/C7H11F3N2/c1-11-4-6(5-12(2)3)7(8,9)10/h4-5H,1-3H3/b6-5-,11-4?. The first kappa shape index (κ1) is 11.0. The van der Waals surface area contributed by atoms with Crippen molar-refractivity contribution in [3.8, 4) is 0 Å². The fraction of sp³-hybridized carbons (Fsp3) is 0.571. The first-order valence-electron chi connectivity index (χ1n) is 3.25. The van der Waals surface area contributed by atoms with Gasteiger partial charge in [-0.2, -0.15) is 13.2 Å². The molecule has 0 aliphatic carbocycles. The first-order valence-corrected chi connectivity index (χ1v) is 3.25. The first-order chi connectivity index (χ1) is 5.38. The number of hydrogen-bond acceptors (Lipinski definition) is 2. The van der Waals surface area contributed by atoms with Crippen LogP contribution < -0.4 is 0 Å². The van der Waals surface area contributed by atoms with Crippen molar-refractivity contribution in [3.05, 3.63) is 11.8 Å². The number of nitrogens with zero attached hydrogens (tertiary/aromatic N) is 2. The molecule has 5 heteroatoms.